The summed E-state index contributed by atoms with van der Waals surface area (Å²) >= 11 is 11.3. The number of hydrogen-bond donors (Lipinski definition) is 1. The van der Waals surface area contributed by atoms with Gasteiger partial charge in [-0.15, -0.1) is 24.0 Å². The molecule has 0 amide bonds. The summed E-state index contributed by atoms with van der Waals surface area (Å²) in [6.45, 7) is 0. The van der Waals surface area contributed by atoms with Crippen molar-refractivity contribution >= 4 is 45.9 Å². The SMILES string of the molecule is Sc1nc2ncc(Cl)cc2s1. The summed E-state index contributed by atoms with van der Waals surface area (Å²) in [5.41, 5.74) is 0.712. The number of thiol groups is 1. The van der Waals surface area contributed by atoms with Crippen LogP contribution in [0.3, 0.4) is 0 Å². The minimum absolute atomic E-state index is 0.634. The molecule has 2 rings (SSSR count). The zero-order valence-electron chi connectivity index (χ0n) is 5.28. The average Bonchev–Trinajstić information content (AvgIpc) is 2.27. The third-order valence-electron chi connectivity index (χ3n) is 1.20. The van der Waals surface area contributed by atoms with Gasteiger partial charge in [0.25, 0.3) is 0 Å². The van der Waals surface area contributed by atoms with Crippen molar-refractivity contribution in [2.24, 2.45) is 0 Å². The number of nitrogens with zero attached hydrogens (tertiary/aromatic N) is 2. The van der Waals surface area contributed by atoms with E-state index in [1.165, 1.54) is 11.3 Å². The lowest BCUT2D eigenvalue weighted by atomic mass is 10.5. The number of hydrogen-bond acceptors (Lipinski definition) is 4. The predicted molar refractivity (Wildman–Crippen MR) is 49.7 cm³/mol. The Bertz CT molecular complexity index is 398. The minimum Gasteiger partial charge on any atom is -0.234 e. The summed E-state index contributed by atoms with van der Waals surface area (Å²) in [5.74, 6) is 0. The molecule has 5 heteroatoms. The molecule has 0 atom stereocenters. The second-order valence-electron chi connectivity index (χ2n) is 1.97. The summed E-state index contributed by atoms with van der Waals surface area (Å²) in [4.78, 5) is 8.09. The van der Waals surface area contributed by atoms with Crippen molar-refractivity contribution in [1.82, 2.24) is 9.97 Å². The van der Waals surface area contributed by atoms with E-state index in [0.29, 0.717) is 10.7 Å². The highest BCUT2D eigenvalue weighted by Crippen LogP contribution is 2.24. The first-order chi connectivity index (χ1) is 5.25. The van der Waals surface area contributed by atoms with Gasteiger partial charge in [-0.25, -0.2) is 9.97 Å². The Hall–Kier alpha value is -0.320. The van der Waals surface area contributed by atoms with Crippen molar-refractivity contribution in [3.8, 4) is 0 Å². The van der Waals surface area contributed by atoms with Crippen LogP contribution in [-0.2, 0) is 0 Å². The van der Waals surface area contributed by atoms with E-state index in [9.17, 15) is 0 Å². The topological polar surface area (TPSA) is 25.8 Å². The maximum absolute atomic E-state index is 5.72. The number of rotatable bonds is 0. The Morgan fingerprint density at radius 1 is 1.55 bits per heavy atom. The first-order valence-electron chi connectivity index (χ1n) is 2.87. The lowest BCUT2D eigenvalue weighted by molar-refractivity contribution is 1.24. The molecule has 0 unspecified atom stereocenters. The highest BCUT2D eigenvalue weighted by atomic mass is 35.5. The molecular weight excluding hydrogens is 200 g/mol. The van der Waals surface area contributed by atoms with Crippen LogP contribution in [0.25, 0.3) is 10.3 Å². The molecule has 0 saturated heterocycles. The molecule has 0 aromatic carbocycles. The van der Waals surface area contributed by atoms with Gasteiger partial charge in [-0.05, 0) is 6.07 Å². The van der Waals surface area contributed by atoms with Gasteiger partial charge in [-0.3, -0.25) is 0 Å². The molecule has 56 valence electrons. The smallest absolute Gasteiger partial charge is 0.171 e. The molecule has 0 fully saturated rings. The van der Waals surface area contributed by atoms with Crippen molar-refractivity contribution in [2.45, 2.75) is 4.34 Å². The van der Waals surface area contributed by atoms with Crippen LogP contribution in [0, 0.1) is 0 Å². The van der Waals surface area contributed by atoms with Gasteiger partial charge < -0.3 is 0 Å². The van der Waals surface area contributed by atoms with Gasteiger partial charge in [0.1, 0.15) is 4.34 Å². The molecule has 0 spiro atoms. The number of thiazole rings is 1. The van der Waals surface area contributed by atoms with Gasteiger partial charge in [0.05, 0.1) is 9.72 Å². The molecule has 11 heavy (non-hydrogen) atoms. The third-order valence-corrected chi connectivity index (χ3v) is 2.58. The molecule has 0 saturated carbocycles. The second-order valence-corrected chi connectivity index (χ2v) is 4.16. The fourth-order valence-electron chi connectivity index (χ4n) is 0.784. The molecule has 2 heterocycles. The van der Waals surface area contributed by atoms with Crippen LogP contribution in [0.4, 0.5) is 0 Å². The van der Waals surface area contributed by atoms with E-state index in [4.69, 9.17) is 11.6 Å². The molecule has 0 aliphatic carbocycles. The van der Waals surface area contributed by atoms with Gasteiger partial charge in [0.2, 0.25) is 0 Å². The Kier molecular flexibility index (Phi) is 1.75. The normalized spacial score (nSPS) is 10.7. The van der Waals surface area contributed by atoms with E-state index in [2.05, 4.69) is 22.6 Å². The first kappa shape index (κ1) is 7.34. The van der Waals surface area contributed by atoms with E-state index >= 15 is 0 Å². The number of aromatic nitrogens is 2. The monoisotopic (exact) mass is 202 g/mol. The molecule has 0 aliphatic rings. The fraction of sp³-hybridized carbons (Fsp3) is 0. The average molecular weight is 203 g/mol. The van der Waals surface area contributed by atoms with E-state index in [-0.39, 0.29) is 0 Å². The van der Waals surface area contributed by atoms with Gasteiger partial charge >= 0.3 is 0 Å². The van der Waals surface area contributed by atoms with Crippen LogP contribution in [0.15, 0.2) is 16.6 Å². The van der Waals surface area contributed by atoms with Crippen molar-refractivity contribution < 1.29 is 0 Å². The summed E-state index contributed by atoms with van der Waals surface area (Å²) in [6, 6.07) is 1.83. The molecule has 2 nitrogen and oxygen atoms in total. The van der Waals surface area contributed by atoms with E-state index in [1.807, 2.05) is 6.07 Å². The summed E-state index contributed by atoms with van der Waals surface area (Å²) in [7, 11) is 0. The lowest BCUT2D eigenvalue weighted by Crippen LogP contribution is -1.73. The quantitative estimate of drug-likeness (QED) is 0.665. The van der Waals surface area contributed by atoms with Crippen molar-refractivity contribution in [2.75, 3.05) is 0 Å². The molecule has 0 N–H and O–H groups in total. The zero-order chi connectivity index (χ0) is 7.84. The van der Waals surface area contributed by atoms with Crippen LogP contribution in [0.5, 0.6) is 0 Å². The van der Waals surface area contributed by atoms with Crippen LogP contribution < -0.4 is 0 Å². The van der Waals surface area contributed by atoms with E-state index in [0.717, 1.165) is 9.04 Å². The molecule has 0 aliphatic heterocycles. The Balaban J connectivity index is 2.82. The summed E-state index contributed by atoms with van der Waals surface area (Å²) in [6.07, 6.45) is 1.58. The third kappa shape index (κ3) is 1.34. The molecular formula is C6H3ClN2S2. The van der Waals surface area contributed by atoms with Gasteiger partial charge in [0, 0.05) is 6.20 Å². The maximum atomic E-state index is 5.72. The molecule has 2 aromatic rings. The second kappa shape index (κ2) is 2.62. The lowest BCUT2D eigenvalue weighted by Gasteiger charge is -1.85. The van der Waals surface area contributed by atoms with E-state index in [1.54, 1.807) is 6.20 Å². The van der Waals surface area contributed by atoms with E-state index < -0.39 is 0 Å². The van der Waals surface area contributed by atoms with Crippen LogP contribution >= 0.6 is 35.6 Å². The highest BCUT2D eigenvalue weighted by Gasteiger charge is 2.01. The van der Waals surface area contributed by atoms with Crippen LogP contribution in [-0.4, -0.2) is 9.97 Å². The van der Waals surface area contributed by atoms with Crippen molar-refractivity contribution in [3.63, 3.8) is 0 Å². The predicted octanol–water partition coefficient (Wildman–Crippen LogP) is 2.63. The van der Waals surface area contributed by atoms with Crippen LogP contribution in [0.2, 0.25) is 5.02 Å². The van der Waals surface area contributed by atoms with Gasteiger partial charge in [0.15, 0.2) is 5.65 Å². The number of pyridine rings is 1. The number of halogens is 1. The highest BCUT2D eigenvalue weighted by molar-refractivity contribution is 7.82. The standard InChI is InChI=1S/C6H3ClN2S2/c7-3-1-4-5(8-2-3)9-6(10)11-4/h1-2H,(H,8,9,10). The maximum Gasteiger partial charge on any atom is 0.171 e. The van der Waals surface area contributed by atoms with Crippen LogP contribution in [0.1, 0.15) is 0 Å². The fourth-order valence-corrected chi connectivity index (χ4v) is 2.10. The molecule has 0 radical (unpaired) electrons. The number of fused-ring (bicyclic) bond motifs is 1. The van der Waals surface area contributed by atoms with Crippen molar-refractivity contribution in [3.05, 3.63) is 17.3 Å². The Labute approximate surface area is 77.7 Å². The minimum atomic E-state index is 0.634. The summed E-state index contributed by atoms with van der Waals surface area (Å²) in [5, 5.41) is 0.634. The first-order valence-corrected chi connectivity index (χ1v) is 4.51. The Morgan fingerprint density at radius 2 is 2.36 bits per heavy atom. The van der Waals surface area contributed by atoms with Gasteiger partial charge in [-0.2, -0.15) is 0 Å². The molecule has 0 bridgehead atoms. The zero-order valence-corrected chi connectivity index (χ0v) is 7.75. The van der Waals surface area contributed by atoms with Crippen molar-refractivity contribution in [1.29, 1.82) is 0 Å². The summed E-state index contributed by atoms with van der Waals surface area (Å²) < 4.78 is 1.69. The van der Waals surface area contributed by atoms with Gasteiger partial charge in [-0.1, -0.05) is 11.6 Å². The Morgan fingerprint density at radius 3 is 3.18 bits per heavy atom. The largest absolute Gasteiger partial charge is 0.234 e. The molecule has 2 aromatic heterocycles.